The van der Waals surface area contributed by atoms with E-state index in [0.717, 1.165) is 22.8 Å². The fourth-order valence-corrected chi connectivity index (χ4v) is 6.93. The minimum absolute atomic E-state index is 0.108. The highest BCUT2D eigenvalue weighted by atomic mass is 32.2. The molecule has 1 saturated heterocycles. The van der Waals surface area contributed by atoms with E-state index in [0.29, 0.717) is 57.2 Å². The first-order valence-electron chi connectivity index (χ1n) is 11.0. The second-order valence-corrected chi connectivity index (χ2v) is 11.2. The minimum Gasteiger partial charge on any atom is -0.486 e. The lowest BCUT2D eigenvalue weighted by Gasteiger charge is -2.34. The molecule has 0 aromatic heterocycles. The molecule has 0 bridgehead atoms. The Morgan fingerprint density at radius 3 is 2.53 bits per heavy atom. The number of piperidine rings is 1. The molecule has 9 heteroatoms. The molecule has 0 radical (unpaired) electrons. The normalized spacial score (nSPS) is 19.8. The fourth-order valence-electron chi connectivity index (χ4n) is 4.45. The molecule has 0 saturated carbocycles. The molecule has 0 N–H and O–H groups in total. The zero-order valence-corrected chi connectivity index (χ0v) is 19.4. The number of ether oxygens (including phenoxy) is 2. The second kappa shape index (κ2) is 8.96. The van der Waals surface area contributed by atoms with Crippen LogP contribution in [0.1, 0.15) is 19.3 Å². The second-order valence-electron chi connectivity index (χ2n) is 8.14. The van der Waals surface area contributed by atoms with Crippen LogP contribution in [0.4, 0.5) is 5.69 Å². The first-order chi connectivity index (χ1) is 15.5. The summed E-state index contributed by atoms with van der Waals surface area (Å²) < 4.78 is 38.9. The predicted octanol–water partition coefficient (Wildman–Crippen LogP) is 3.39. The van der Waals surface area contributed by atoms with E-state index in [-0.39, 0.29) is 16.7 Å². The number of carbonyl (C=O) groups excluding carboxylic acids is 1. The first kappa shape index (κ1) is 21.6. The molecule has 5 rings (SSSR count). The van der Waals surface area contributed by atoms with Crippen molar-refractivity contribution in [1.29, 1.82) is 0 Å². The summed E-state index contributed by atoms with van der Waals surface area (Å²) in [6.07, 6.45) is 1.99. The quantitative estimate of drug-likeness (QED) is 0.679. The van der Waals surface area contributed by atoms with Crippen LogP contribution in [-0.2, 0) is 14.8 Å². The summed E-state index contributed by atoms with van der Waals surface area (Å²) in [5.74, 6) is 1.96. The lowest BCUT2D eigenvalue weighted by Crippen LogP contribution is -2.44. The van der Waals surface area contributed by atoms with Gasteiger partial charge in [-0.15, -0.1) is 11.8 Å². The number of hydrogen-bond donors (Lipinski definition) is 0. The van der Waals surface area contributed by atoms with Crippen LogP contribution in [0.25, 0.3) is 0 Å². The monoisotopic (exact) mass is 474 g/mol. The van der Waals surface area contributed by atoms with Crippen LogP contribution in [0.15, 0.2) is 52.3 Å². The molecule has 1 amide bonds. The Morgan fingerprint density at radius 2 is 1.72 bits per heavy atom. The number of hydrogen-bond acceptors (Lipinski definition) is 6. The highest BCUT2D eigenvalue weighted by molar-refractivity contribution is 7.99. The van der Waals surface area contributed by atoms with E-state index in [1.165, 1.54) is 10.4 Å². The smallest absolute Gasteiger partial charge is 0.243 e. The van der Waals surface area contributed by atoms with Crippen molar-refractivity contribution in [2.75, 3.05) is 43.5 Å². The summed E-state index contributed by atoms with van der Waals surface area (Å²) in [5.41, 5.74) is 0.978. The predicted molar refractivity (Wildman–Crippen MR) is 123 cm³/mol. The summed E-state index contributed by atoms with van der Waals surface area (Å²) in [4.78, 5) is 16.6. The van der Waals surface area contributed by atoms with Crippen LogP contribution in [0.3, 0.4) is 0 Å². The molecular weight excluding hydrogens is 448 g/mol. The number of anilines is 1. The van der Waals surface area contributed by atoms with Gasteiger partial charge < -0.3 is 14.4 Å². The van der Waals surface area contributed by atoms with Gasteiger partial charge in [0.1, 0.15) is 13.2 Å². The van der Waals surface area contributed by atoms with Gasteiger partial charge in [0.15, 0.2) is 11.5 Å². The number of nitrogens with zero attached hydrogens (tertiary/aromatic N) is 2. The van der Waals surface area contributed by atoms with Gasteiger partial charge in [0.2, 0.25) is 15.9 Å². The molecule has 0 unspecified atom stereocenters. The van der Waals surface area contributed by atoms with Crippen LogP contribution in [0.5, 0.6) is 11.5 Å². The molecule has 2 aromatic rings. The maximum atomic E-state index is 13.4. The van der Waals surface area contributed by atoms with Gasteiger partial charge in [0, 0.05) is 36.5 Å². The van der Waals surface area contributed by atoms with Gasteiger partial charge in [-0.05, 0) is 49.3 Å². The number of rotatable bonds is 3. The lowest BCUT2D eigenvalue weighted by molar-refractivity contribution is -0.123. The van der Waals surface area contributed by atoms with E-state index >= 15 is 0 Å². The molecule has 7 nitrogen and oxygen atoms in total. The third kappa shape index (κ3) is 4.09. The number of sulfonamides is 1. The molecule has 3 aliphatic rings. The van der Waals surface area contributed by atoms with Crippen LogP contribution in [-0.4, -0.2) is 57.2 Å². The van der Waals surface area contributed by atoms with Crippen molar-refractivity contribution < 1.29 is 22.7 Å². The van der Waals surface area contributed by atoms with Crippen molar-refractivity contribution in [3.05, 3.63) is 42.5 Å². The highest BCUT2D eigenvalue weighted by Crippen LogP contribution is 2.37. The third-order valence-electron chi connectivity index (χ3n) is 6.16. The Kier molecular flexibility index (Phi) is 6.05. The Bertz CT molecular complexity index is 1110. The summed E-state index contributed by atoms with van der Waals surface area (Å²) >= 11 is 1.79. The van der Waals surface area contributed by atoms with Crippen molar-refractivity contribution in [2.45, 2.75) is 29.1 Å². The van der Waals surface area contributed by atoms with Crippen molar-refractivity contribution in [3.63, 3.8) is 0 Å². The standard InChI is InChI=1S/C23H26N2O5S2/c26-23(25-10-3-15-31-22-5-2-1-4-19(22)25)17-8-11-24(12-9-17)32(27,28)18-6-7-20-21(16-18)30-14-13-29-20/h1-2,4-7,16-17H,3,8-15H2. The van der Waals surface area contributed by atoms with E-state index in [2.05, 4.69) is 6.07 Å². The largest absolute Gasteiger partial charge is 0.486 e. The van der Waals surface area contributed by atoms with E-state index in [1.807, 2.05) is 23.1 Å². The summed E-state index contributed by atoms with van der Waals surface area (Å²) in [7, 11) is -3.65. The summed E-state index contributed by atoms with van der Waals surface area (Å²) in [6, 6.07) is 12.8. The number of carbonyl (C=O) groups is 1. The highest BCUT2D eigenvalue weighted by Gasteiger charge is 2.35. The minimum atomic E-state index is -3.65. The van der Waals surface area contributed by atoms with Crippen LogP contribution >= 0.6 is 11.8 Å². The van der Waals surface area contributed by atoms with Gasteiger partial charge in [-0.25, -0.2) is 8.42 Å². The summed E-state index contributed by atoms with van der Waals surface area (Å²) in [5, 5.41) is 0. The van der Waals surface area contributed by atoms with Crippen molar-refractivity contribution in [3.8, 4) is 11.5 Å². The average Bonchev–Trinajstić information content (AvgIpc) is 3.06. The Morgan fingerprint density at radius 1 is 0.969 bits per heavy atom. The first-order valence-corrected chi connectivity index (χ1v) is 13.4. The van der Waals surface area contributed by atoms with Crippen molar-refractivity contribution >= 4 is 33.4 Å². The number of para-hydroxylation sites is 1. The van der Waals surface area contributed by atoms with Gasteiger partial charge in [0.05, 0.1) is 10.6 Å². The Labute approximate surface area is 192 Å². The molecular formula is C23H26N2O5S2. The number of fused-ring (bicyclic) bond motifs is 2. The van der Waals surface area contributed by atoms with Gasteiger partial charge in [-0.3, -0.25) is 4.79 Å². The third-order valence-corrected chi connectivity index (χ3v) is 9.20. The van der Waals surface area contributed by atoms with Crippen molar-refractivity contribution in [2.24, 2.45) is 5.92 Å². The van der Waals surface area contributed by atoms with E-state index in [9.17, 15) is 13.2 Å². The zero-order valence-electron chi connectivity index (χ0n) is 17.7. The molecule has 0 aliphatic carbocycles. The van der Waals surface area contributed by atoms with E-state index < -0.39 is 10.0 Å². The van der Waals surface area contributed by atoms with Crippen LogP contribution in [0.2, 0.25) is 0 Å². The van der Waals surface area contributed by atoms with Crippen LogP contribution < -0.4 is 14.4 Å². The van der Waals surface area contributed by atoms with Crippen molar-refractivity contribution in [1.82, 2.24) is 4.31 Å². The van der Waals surface area contributed by atoms with E-state index in [1.54, 1.807) is 23.9 Å². The lowest BCUT2D eigenvalue weighted by atomic mass is 9.96. The van der Waals surface area contributed by atoms with Crippen LogP contribution in [0, 0.1) is 5.92 Å². The van der Waals surface area contributed by atoms with Gasteiger partial charge in [0.25, 0.3) is 0 Å². The fraction of sp³-hybridized carbons (Fsp3) is 0.435. The SMILES string of the molecule is O=C(C1CCN(S(=O)(=O)c2ccc3c(c2)OCCO3)CC1)N1CCCSc2ccccc21. The average molecular weight is 475 g/mol. The topological polar surface area (TPSA) is 76.2 Å². The number of benzene rings is 2. The number of thioether (sulfide) groups is 1. The molecule has 1 fully saturated rings. The van der Waals surface area contributed by atoms with Gasteiger partial charge in [-0.2, -0.15) is 4.31 Å². The van der Waals surface area contributed by atoms with Gasteiger partial charge in [-0.1, -0.05) is 12.1 Å². The number of amides is 1. The van der Waals surface area contributed by atoms with E-state index in [4.69, 9.17) is 9.47 Å². The Hall–Kier alpha value is -2.23. The molecule has 0 atom stereocenters. The molecule has 3 aliphatic heterocycles. The maximum absolute atomic E-state index is 13.4. The summed E-state index contributed by atoms with van der Waals surface area (Å²) in [6.45, 7) is 2.23. The Balaban J connectivity index is 1.28. The molecule has 32 heavy (non-hydrogen) atoms. The molecule has 170 valence electrons. The zero-order chi connectivity index (χ0) is 22.1. The molecule has 3 heterocycles. The van der Waals surface area contributed by atoms with Gasteiger partial charge >= 0.3 is 0 Å². The maximum Gasteiger partial charge on any atom is 0.243 e. The molecule has 0 spiro atoms. The molecule has 2 aromatic carbocycles.